The SMILES string of the molecule is Cc1ccc(-c2csc(NC(=O)CCCSc3ccc(F)cc3)n2)cc1C. The van der Waals surface area contributed by atoms with Crippen LogP contribution in [-0.2, 0) is 4.79 Å². The van der Waals surface area contributed by atoms with Crippen LogP contribution in [0.2, 0.25) is 0 Å². The highest BCUT2D eigenvalue weighted by Gasteiger charge is 2.09. The molecule has 3 aromatic rings. The van der Waals surface area contributed by atoms with Crippen LogP contribution < -0.4 is 5.32 Å². The van der Waals surface area contributed by atoms with Crippen molar-refractivity contribution in [2.24, 2.45) is 0 Å². The molecule has 140 valence electrons. The molecule has 0 spiro atoms. The Morgan fingerprint density at radius 1 is 1.15 bits per heavy atom. The standard InChI is InChI=1S/C21H21FN2OS2/c1-14-5-6-16(12-15(14)2)19-13-27-21(23-19)24-20(25)4-3-11-26-18-9-7-17(22)8-10-18/h5-10,12-13H,3-4,11H2,1-2H3,(H,23,24,25). The second-order valence-corrected chi connectivity index (χ2v) is 8.32. The molecule has 0 bridgehead atoms. The molecule has 6 heteroatoms. The van der Waals surface area contributed by atoms with E-state index in [9.17, 15) is 9.18 Å². The summed E-state index contributed by atoms with van der Waals surface area (Å²) in [4.78, 5) is 17.6. The molecule has 3 nitrogen and oxygen atoms in total. The maximum Gasteiger partial charge on any atom is 0.226 e. The number of halogens is 1. The van der Waals surface area contributed by atoms with Crippen molar-refractivity contribution >= 4 is 34.1 Å². The predicted octanol–water partition coefficient (Wildman–Crippen LogP) is 6.08. The summed E-state index contributed by atoms with van der Waals surface area (Å²) in [5.41, 5.74) is 4.42. The molecule has 0 fully saturated rings. The zero-order chi connectivity index (χ0) is 19.2. The summed E-state index contributed by atoms with van der Waals surface area (Å²) in [7, 11) is 0. The Morgan fingerprint density at radius 3 is 2.67 bits per heavy atom. The number of anilines is 1. The summed E-state index contributed by atoms with van der Waals surface area (Å²) < 4.78 is 12.9. The van der Waals surface area contributed by atoms with Gasteiger partial charge in [-0.2, -0.15) is 0 Å². The molecule has 0 aliphatic rings. The Balaban J connectivity index is 1.46. The molecule has 0 saturated carbocycles. The van der Waals surface area contributed by atoms with Crippen molar-refractivity contribution in [3.8, 4) is 11.3 Å². The Morgan fingerprint density at radius 2 is 1.93 bits per heavy atom. The third kappa shape index (κ3) is 5.65. The van der Waals surface area contributed by atoms with Crippen LogP contribution in [0, 0.1) is 19.7 Å². The average Bonchev–Trinajstić information content (AvgIpc) is 3.11. The van der Waals surface area contributed by atoms with Crippen LogP contribution in [0.3, 0.4) is 0 Å². The number of hydrogen-bond acceptors (Lipinski definition) is 4. The van der Waals surface area contributed by atoms with Crippen LogP contribution in [0.5, 0.6) is 0 Å². The van der Waals surface area contributed by atoms with Crippen LogP contribution in [0.1, 0.15) is 24.0 Å². The maximum atomic E-state index is 12.9. The molecule has 0 atom stereocenters. The van der Waals surface area contributed by atoms with Gasteiger partial charge in [0.05, 0.1) is 5.69 Å². The van der Waals surface area contributed by atoms with E-state index in [-0.39, 0.29) is 11.7 Å². The van der Waals surface area contributed by atoms with Gasteiger partial charge in [-0.15, -0.1) is 23.1 Å². The molecular formula is C21H21FN2OS2. The van der Waals surface area contributed by atoms with Gasteiger partial charge in [-0.05, 0) is 67.5 Å². The second kappa shape index (κ2) is 9.15. The predicted molar refractivity (Wildman–Crippen MR) is 112 cm³/mol. The van der Waals surface area contributed by atoms with Gasteiger partial charge in [-0.1, -0.05) is 12.1 Å². The highest BCUT2D eigenvalue weighted by molar-refractivity contribution is 7.99. The number of amides is 1. The minimum atomic E-state index is -0.234. The summed E-state index contributed by atoms with van der Waals surface area (Å²) in [5, 5.41) is 5.46. The smallest absolute Gasteiger partial charge is 0.226 e. The number of carbonyl (C=O) groups excluding carboxylic acids is 1. The summed E-state index contributed by atoms with van der Waals surface area (Å²) in [6.45, 7) is 4.16. The number of aromatic nitrogens is 1. The number of rotatable bonds is 7. The topological polar surface area (TPSA) is 42.0 Å². The lowest BCUT2D eigenvalue weighted by Gasteiger charge is -2.03. The highest BCUT2D eigenvalue weighted by atomic mass is 32.2. The molecule has 0 aliphatic heterocycles. The van der Waals surface area contributed by atoms with Crippen LogP contribution in [-0.4, -0.2) is 16.6 Å². The molecule has 0 radical (unpaired) electrons. The minimum absolute atomic E-state index is 0.0318. The summed E-state index contributed by atoms with van der Waals surface area (Å²) in [6, 6.07) is 12.7. The lowest BCUT2D eigenvalue weighted by atomic mass is 10.1. The fraction of sp³-hybridized carbons (Fsp3) is 0.238. The first kappa shape index (κ1) is 19.6. The van der Waals surface area contributed by atoms with Gasteiger partial charge in [0.15, 0.2) is 5.13 Å². The van der Waals surface area contributed by atoms with Crippen molar-refractivity contribution in [3.05, 3.63) is 64.8 Å². The maximum absolute atomic E-state index is 12.9. The molecule has 1 N–H and O–H groups in total. The second-order valence-electron chi connectivity index (χ2n) is 6.29. The molecule has 1 amide bonds. The number of carbonyl (C=O) groups is 1. The summed E-state index contributed by atoms with van der Waals surface area (Å²) in [5.74, 6) is 0.545. The van der Waals surface area contributed by atoms with Gasteiger partial charge < -0.3 is 5.32 Å². The molecule has 1 heterocycles. The molecule has 2 aromatic carbocycles. The minimum Gasteiger partial charge on any atom is -0.302 e. The van der Waals surface area contributed by atoms with Crippen LogP contribution in [0.4, 0.5) is 9.52 Å². The highest BCUT2D eigenvalue weighted by Crippen LogP contribution is 2.26. The Hall–Kier alpha value is -2.18. The van der Waals surface area contributed by atoms with Crippen LogP contribution in [0.25, 0.3) is 11.3 Å². The number of benzene rings is 2. The lowest BCUT2D eigenvalue weighted by Crippen LogP contribution is -2.11. The molecule has 3 rings (SSSR count). The largest absolute Gasteiger partial charge is 0.302 e. The Kier molecular flexibility index (Phi) is 6.63. The van der Waals surface area contributed by atoms with Crippen molar-refractivity contribution < 1.29 is 9.18 Å². The first-order chi connectivity index (χ1) is 13.0. The van der Waals surface area contributed by atoms with E-state index in [1.54, 1.807) is 23.9 Å². The van der Waals surface area contributed by atoms with E-state index in [0.717, 1.165) is 28.3 Å². The van der Waals surface area contributed by atoms with Crippen molar-refractivity contribution in [1.82, 2.24) is 4.98 Å². The number of thioether (sulfide) groups is 1. The van der Waals surface area contributed by atoms with Crippen molar-refractivity contribution in [2.45, 2.75) is 31.6 Å². The zero-order valence-corrected chi connectivity index (χ0v) is 16.9. The fourth-order valence-electron chi connectivity index (χ4n) is 2.50. The fourth-order valence-corrected chi connectivity index (χ4v) is 4.09. The quantitative estimate of drug-likeness (QED) is 0.386. The van der Waals surface area contributed by atoms with Gasteiger partial charge >= 0.3 is 0 Å². The van der Waals surface area contributed by atoms with Gasteiger partial charge in [0.2, 0.25) is 5.91 Å². The zero-order valence-electron chi connectivity index (χ0n) is 15.3. The van der Waals surface area contributed by atoms with Gasteiger partial charge in [-0.3, -0.25) is 4.79 Å². The number of aryl methyl sites for hydroxylation is 2. The van der Waals surface area contributed by atoms with Crippen molar-refractivity contribution in [2.75, 3.05) is 11.1 Å². The number of thiazole rings is 1. The summed E-state index contributed by atoms with van der Waals surface area (Å²) in [6.07, 6.45) is 1.19. The van der Waals surface area contributed by atoms with Crippen molar-refractivity contribution in [3.63, 3.8) is 0 Å². The van der Waals surface area contributed by atoms with E-state index in [1.807, 2.05) is 5.38 Å². The first-order valence-electron chi connectivity index (χ1n) is 8.72. The van der Waals surface area contributed by atoms with Gasteiger partial charge in [-0.25, -0.2) is 9.37 Å². The number of hydrogen-bond donors (Lipinski definition) is 1. The van der Waals surface area contributed by atoms with Gasteiger partial charge in [0, 0.05) is 22.3 Å². The third-order valence-corrected chi connectivity index (χ3v) is 6.04. The Labute approximate surface area is 167 Å². The number of nitrogens with one attached hydrogen (secondary N) is 1. The van der Waals surface area contributed by atoms with Crippen LogP contribution in [0.15, 0.2) is 52.7 Å². The molecular weight excluding hydrogens is 379 g/mol. The van der Waals surface area contributed by atoms with E-state index < -0.39 is 0 Å². The first-order valence-corrected chi connectivity index (χ1v) is 10.6. The van der Waals surface area contributed by atoms with E-state index in [0.29, 0.717) is 11.6 Å². The normalized spacial score (nSPS) is 10.8. The van der Waals surface area contributed by atoms with E-state index >= 15 is 0 Å². The number of nitrogens with zero attached hydrogens (tertiary/aromatic N) is 1. The summed E-state index contributed by atoms with van der Waals surface area (Å²) >= 11 is 3.06. The molecule has 0 aliphatic carbocycles. The monoisotopic (exact) mass is 400 g/mol. The Bertz CT molecular complexity index is 922. The molecule has 1 aromatic heterocycles. The lowest BCUT2D eigenvalue weighted by molar-refractivity contribution is -0.116. The molecule has 0 saturated heterocycles. The molecule has 0 unspecified atom stereocenters. The average molecular weight is 401 g/mol. The van der Waals surface area contributed by atoms with E-state index in [1.165, 1.54) is 34.6 Å². The van der Waals surface area contributed by atoms with E-state index in [2.05, 4.69) is 42.3 Å². The molecule has 27 heavy (non-hydrogen) atoms. The third-order valence-electron chi connectivity index (χ3n) is 4.18. The van der Waals surface area contributed by atoms with Gasteiger partial charge in [0.1, 0.15) is 5.82 Å². The van der Waals surface area contributed by atoms with E-state index in [4.69, 9.17) is 0 Å². The van der Waals surface area contributed by atoms with Gasteiger partial charge in [0.25, 0.3) is 0 Å². The van der Waals surface area contributed by atoms with Crippen molar-refractivity contribution in [1.29, 1.82) is 0 Å². The van der Waals surface area contributed by atoms with Crippen LogP contribution >= 0.6 is 23.1 Å².